The van der Waals surface area contributed by atoms with Crippen LogP contribution in [-0.4, -0.2) is 75.9 Å². The van der Waals surface area contributed by atoms with Crippen LogP contribution in [0.5, 0.6) is 17.2 Å². The number of benzene rings is 2. The van der Waals surface area contributed by atoms with Crippen LogP contribution in [0.1, 0.15) is 41.6 Å². The fourth-order valence-electron chi connectivity index (χ4n) is 5.21. The van der Waals surface area contributed by atoms with E-state index in [0.29, 0.717) is 18.1 Å². The van der Waals surface area contributed by atoms with E-state index in [-0.39, 0.29) is 12.0 Å². The largest absolute Gasteiger partial charge is 0.497 e. The van der Waals surface area contributed by atoms with Crippen LogP contribution in [0.25, 0.3) is 0 Å². The van der Waals surface area contributed by atoms with Crippen LogP contribution in [0.3, 0.4) is 0 Å². The van der Waals surface area contributed by atoms with Gasteiger partial charge >= 0.3 is 0 Å². The highest BCUT2D eigenvalue weighted by atomic mass is 16.5. The second-order valence-corrected chi connectivity index (χ2v) is 9.40. The first kappa shape index (κ1) is 25.3. The van der Waals surface area contributed by atoms with E-state index in [1.807, 2.05) is 41.3 Å². The minimum atomic E-state index is 0.0816. The number of amides is 1. The van der Waals surface area contributed by atoms with Gasteiger partial charge in [-0.05, 0) is 50.1 Å². The smallest absolute Gasteiger partial charge is 0.254 e. The standard InChI is InChI=1S/C28H38N2O5/c1-32-24-11-10-23(27(18-24)34-3)19-29-13-5-4-7-22-20-30(14-12-26(22)33-2)28(31)21-8-6-9-25(17-21)35-16-15-29/h6,8-11,17-18,22,26H,4-5,7,12-16,19-20H2,1-3H3/t22-,26+/m0/s1. The fourth-order valence-corrected chi connectivity index (χ4v) is 5.21. The van der Waals surface area contributed by atoms with Crippen molar-refractivity contribution in [1.29, 1.82) is 0 Å². The Morgan fingerprint density at radius 1 is 0.971 bits per heavy atom. The molecule has 0 radical (unpaired) electrons. The van der Waals surface area contributed by atoms with Crippen molar-refractivity contribution in [3.63, 3.8) is 0 Å². The molecule has 0 N–H and O–H groups in total. The lowest BCUT2D eigenvalue weighted by atomic mass is 9.89. The maximum atomic E-state index is 13.2. The number of methoxy groups -OCH3 is 3. The third-order valence-corrected chi connectivity index (χ3v) is 7.20. The van der Waals surface area contributed by atoms with Crippen molar-refractivity contribution < 1.29 is 23.7 Å². The summed E-state index contributed by atoms with van der Waals surface area (Å²) in [5.74, 6) is 2.79. The average Bonchev–Trinajstić information content (AvgIpc) is 2.90. The summed E-state index contributed by atoms with van der Waals surface area (Å²) < 4.78 is 22.9. The Morgan fingerprint density at radius 2 is 1.86 bits per heavy atom. The van der Waals surface area contributed by atoms with Crippen LogP contribution < -0.4 is 14.2 Å². The van der Waals surface area contributed by atoms with Crippen molar-refractivity contribution in [1.82, 2.24) is 9.80 Å². The molecule has 0 saturated carbocycles. The molecule has 2 heterocycles. The number of rotatable bonds is 5. The highest BCUT2D eigenvalue weighted by molar-refractivity contribution is 5.94. The van der Waals surface area contributed by atoms with Gasteiger partial charge in [0.1, 0.15) is 23.9 Å². The van der Waals surface area contributed by atoms with E-state index in [1.165, 1.54) is 0 Å². The predicted molar refractivity (Wildman–Crippen MR) is 135 cm³/mol. The Morgan fingerprint density at radius 3 is 2.66 bits per heavy atom. The Kier molecular flexibility index (Phi) is 8.88. The lowest BCUT2D eigenvalue weighted by Gasteiger charge is -2.38. The molecule has 2 atom stereocenters. The lowest BCUT2D eigenvalue weighted by Crippen LogP contribution is -2.46. The number of carbonyl (C=O) groups excluding carboxylic acids is 1. The zero-order valence-corrected chi connectivity index (χ0v) is 21.2. The zero-order valence-electron chi connectivity index (χ0n) is 21.2. The third kappa shape index (κ3) is 6.47. The van der Waals surface area contributed by atoms with Crippen molar-refractivity contribution >= 4 is 5.91 Å². The first-order valence-electron chi connectivity index (χ1n) is 12.6. The summed E-state index contributed by atoms with van der Waals surface area (Å²) >= 11 is 0. The van der Waals surface area contributed by atoms with Gasteiger partial charge in [-0.25, -0.2) is 0 Å². The Labute approximate surface area is 208 Å². The van der Waals surface area contributed by atoms with Gasteiger partial charge in [-0.3, -0.25) is 9.69 Å². The molecule has 7 nitrogen and oxygen atoms in total. The van der Waals surface area contributed by atoms with E-state index >= 15 is 0 Å². The van der Waals surface area contributed by atoms with Crippen LogP contribution in [0.2, 0.25) is 0 Å². The molecular formula is C28H38N2O5. The lowest BCUT2D eigenvalue weighted by molar-refractivity contribution is -0.00677. The number of hydrogen-bond acceptors (Lipinski definition) is 6. The topological polar surface area (TPSA) is 60.5 Å². The summed E-state index contributed by atoms with van der Waals surface area (Å²) in [6.07, 6.45) is 4.32. The maximum absolute atomic E-state index is 13.2. The average molecular weight is 483 g/mol. The zero-order chi connectivity index (χ0) is 24.6. The number of piperidine rings is 1. The quantitative estimate of drug-likeness (QED) is 0.635. The molecule has 1 amide bonds. The molecule has 2 aliphatic rings. The molecule has 0 spiro atoms. The first-order valence-corrected chi connectivity index (χ1v) is 12.6. The highest BCUT2D eigenvalue weighted by Crippen LogP contribution is 2.28. The van der Waals surface area contributed by atoms with Crippen molar-refractivity contribution in [2.24, 2.45) is 5.92 Å². The van der Waals surface area contributed by atoms with Crippen LogP contribution >= 0.6 is 0 Å². The maximum Gasteiger partial charge on any atom is 0.254 e. The van der Waals surface area contributed by atoms with Crippen molar-refractivity contribution in [2.45, 2.75) is 38.3 Å². The van der Waals surface area contributed by atoms with E-state index in [2.05, 4.69) is 11.0 Å². The molecule has 35 heavy (non-hydrogen) atoms. The molecule has 0 aliphatic carbocycles. The molecule has 2 aromatic carbocycles. The van der Waals surface area contributed by atoms with E-state index < -0.39 is 0 Å². The van der Waals surface area contributed by atoms with E-state index in [1.54, 1.807) is 21.3 Å². The van der Waals surface area contributed by atoms with Gasteiger partial charge in [-0.2, -0.15) is 0 Å². The van der Waals surface area contributed by atoms with Gasteiger partial charge in [0.05, 0.1) is 20.3 Å². The molecule has 0 unspecified atom stereocenters. The van der Waals surface area contributed by atoms with Crippen LogP contribution in [-0.2, 0) is 11.3 Å². The molecule has 0 aromatic heterocycles. The van der Waals surface area contributed by atoms with E-state index in [0.717, 1.165) is 81.2 Å². The number of carbonyl (C=O) groups is 1. The fraction of sp³-hybridized carbons (Fsp3) is 0.536. The van der Waals surface area contributed by atoms with Crippen molar-refractivity contribution in [2.75, 3.05) is 54.1 Å². The SMILES string of the molecule is COc1ccc(CN2CCCC[C@H]3CN(CC[C@H]3OC)C(=O)c3cccc(c3)OCC2)c(OC)c1. The monoisotopic (exact) mass is 482 g/mol. The molecule has 1 saturated heterocycles. The normalized spacial score (nSPS) is 22.0. The van der Waals surface area contributed by atoms with Gasteiger partial charge < -0.3 is 23.8 Å². The Bertz CT molecular complexity index is 982. The van der Waals surface area contributed by atoms with Gasteiger partial charge in [0.25, 0.3) is 5.91 Å². The van der Waals surface area contributed by atoms with Gasteiger partial charge in [0.15, 0.2) is 0 Å². The summed E-state index contributed by atoms with van der Waals surface area (Å²) in [7, 11) is 5.15. The molecular weight excluding hydrogens is 444 g/mol. The van der Waals surface area contributed by atoms with Gasteiger partial charge in [0.2, 0.25) is 0 Å². The van der Waals surface area contributed by atoms with Crippen molar-refractivity contribution in [3.8, 4) is 17.2 Å². The van der Waals surface area contributed by atoms with Crippen LogP contribution in [0, 0.1) is 5.92 Å². The molecule has 2 aliphatic heterocycles. The summed E-state index contributed by atoms with van der Waals surface area (Å²) in [4.78, 5) is 17.6. The molecule has 4 rings (SSSR count). The highest BCUT2D eigenvalue weighted by Gasteiger charge is 2.31. The second-order valence-electron chi connectivity index (χ2n) is 9.40. The third-order valence-electron chi connectivity index (χ3n) is 7.20. The number of hydrogen-bond donors (Lipinski definition) is 0. The first-order chi connectivity index (χ1) is 17.1. The molecule has 190 valence electrons. The van der Waals surface area contributed by atoms with Crippen LogP contribution in [0.15, 0.2) is 42.5 Å². The predicted octanol–water partition coefficient (Wildman–Crippen LogP) is 4.25. The second kappa shape index (κ2) is 12.3. The Hall–Kier alpha value is -2.77. The summed E-state index contributed by atoms with van der Waals surface area (Å²) in [6, 6.07) is 13.6. The molecule has 1 fully saturated rings. The van der Waals surface area contributed by atoms with Crippen LogP contribution in [0.4, 0.5) is 0 Å². The summed E-state index contributed by atoms with van der Waals surface area (Å²) in [6.45, 7) is 4.54. The van der Waals surface area contributed by atoms with Gasteiger partial charge in [0, 0.05) is 56.4 Å². The van der Waals surface area contributed by atoms with Gasteiger partial charge in [-0.1, -0.05) is 18.6 Å². The minimum absolute atomic E-state index is 0.0816. The number of ether oxygens (including phenoxy) is 4. The van der Waals surface area contributed by atoms with Crippen molar-refractivity contribution in [3.05, 3.63) is 53.6 Å². The summed E-state index contributed by atoms with van der Waals surface area (Å²) in [5, 5.41) is 0. The van der Waals surface area contributed by atoms with Gasteiger partial charge in [-0.15, -0.1) is 0 Å². The number of fused-ring (bicyclic) bond motifs is 4. The van der Waals surface area contributed by atoms with E-state index in [4.69, 9.17) is 18.9 Å². The molecule has 2 aromatic rings. The minimum Gasteiger partial charge on any atom is -0.497 e. The number of nitrogens with zero attached hydrogens (tertiary/aromatic N) is 2. The molecule has 7 heteroatoms. The Balaban J connectivity index is 1.51. The molecule has 4 bridgehead atoms. The summed E-state index contributed by atoms with van der Waals surface area (Å²) in [5.41, 5.74) is 1.81. The van der Waals surface area contributed by atoms with E-state index in [9.17, 15) is 4.79 Å².